The molecule has 0 saturated heterocycles. The minimum absolute atomic E-state index is 0.696. The molecule has 0 spiro atoms. The second-order valence-electron chi connectivity index (χ2n) is 4.62. The lowest BCUT2D eigenvalue weighted by Gasteiger charge is -2.13. The first-order valence-corrected chi connectivity index (χ1v) is 5.48. The van der Waals surface area contributed by atoms with Crippen molar-refractivity contribution < 1.29 is 0 Å². The van der Waals surface area contributed by atoms with Crippen LogP contribution in [-0.2, 0) is 0 Å². The fourth-order valence-electron chi connectivity index (χ4n) is 2.01. The fourth-order valence-corrected chi connectivity index (χ4v) is 2.01. The molecular weight excluding hydrogens is 156 g/mol. The predicted molar refractivity (Wildman–Crippen MR) is 59.7 cm³/mol. The van der Waals surface area contributed by atoms with Gasteiger partial charge in [0.1, 0.15) is 0 Å². The summed E-state index contributed by atoms with van der Waals surface area (Å²) in [4.78, 5) is 0. The maximum Gasteiger partial charge on any atom is -0.00968 e. The molecule has 0 heterocycles. The van der Waals surface area contributed by atoms with Crippen molar-refractivity contribution in [2.45, 2.75) is 47.5 Å². The summed E-state index contributed by atoms with van der Waals surface area (Å²) in [6, 6.07) is 0. The van der Waals surface area contributed by atoms with Crippen molar-refractivity contribution in [2.24, 2.45) is 11.8 Å². The van der Waals surface area contributed by atoms with Crippen LogP contribution in [0, 0.1) is 11.8 Å². The van der Waals surface area contributed by atoms with Crippen molar-refractivity contribution in [3.8, 4) is 0 Å². The van der Waals surface area contributed by atoms with Crippen molar-refractivity contribution in [1.82, 2.24) is 0 Å². The van der Waals surface area contributed by atoms with E-state index >= 15 is 0 Å². The highest BCUT2D eigenvalue weighted by molar-refractivity contribution is 5.40. The Balaban J connectivity index is 2.88. The molecule has 0 saturated carbocycles. The van der Waals surface area contributed by atoms with Crippen molar-refractivity contribution >= 4 is 0 Å². The molecule has 1 aliphatic rings. The van der Waals surface area contributed by atoms with Gasteiger partial charge in [-0.05, 0) is 30.3 Å². The van der Waals surface area contributed by atoms with Crippen LogP contribution in [0.25, 0.3) is 0 Å². The van der Waals surface area contributed by atoms with Gasteiger partial charge in [0.25, 0.3) is 0 Å². The van der Waals surface area contributed by atoms with Crippen LogP contribution in [-0.4, -0.2) is 0 Å². The molecular formula is C13H22. The molecule has 0 radical (unpaired) electrons. The zero-order valence-electron chi connectivity index (χ0n) is 9.65. The zero-order chi connectivity index (χ0) is 10.0. The minimum atomic E-state index is 0.696. The van der Waals surface area contributed by atoms with Gasteiger partial charge < -0.3 is 0 Å². The summed E-state index contributed by atoms with van der Waals surface area (Å²) in [6.07, 6.45) is 4.88. The summed E-state index contributed by atoms with van der Waals surface area (Å²) in [5.74, 6) is 1.42. The lowest BCUT2D eigenvalue weighted by Crippen LogP contribution is -1.99. The third kappa shape index (κ3) is 2.24. The molecule has 0 atom stereocenters. The van der Waals surface area contributed by atoms with E-state index in [0.717, 1.165) is 5.92 Å². The largest absolute Gasteiger partial charge is 0.0661 e. The Kier molecular flexibility index (Phi) is 3.35. The lowest BCUT2D eigenvalue weighted by molar-refractivity contribution is 0.698. The molecule has 0 aliphatic heterocycles. The molecule has 0 aromatic rings. The normalized spacial score (nSPS) is 17.6. The van der Waals surface area contributed by atoms with Crippen LogP contribution < -0.4 is 0 Å². The molecule has 74 valence electrons. The van der Waals surface area contributed by atoms with E-state index in [9.17, 15) is 0 Å². The van der Waals surface area contributed by atoms with E-state index in [1.54, 1.807) is 16.7 Å². The molecule has 0 amide bonds. The second-order valence-corrected chi connectivity index (χ2v) is 4.62. The van der Waals surface area contributed by atoms with Crippen LogP contribution in [0.5, 0.6) is 0 Å². The monoisotopic (exact) mass is 178 g/mol. The van der Waals surface area contributed by atoms with Gasteiger partial charge in [-0.3, -0.25) is 0 Å². The van der Waals surface area contributed by atoms with E-state index in [1.807, 2.05) is 0 Å². The fraction of sp³-hybridized carbons (Fsp3) is 0.692. The highest BCUT2D eigenvalue weighted by atomic mass is 14.2. The Bertz CT molecular complexity index is 239. The van der Waals surface area contributed by atoms with E-state index < -0.39 is 0 Å². The number of rotatable bonds is 3. The average molecular weight is 178 g/mol. The summed E-state index contributed by atoms with van der Waals surface area (Å²) >= 11 is 0. The van der Waals surface area contributed by atoms with Gasteiger partial charge in [0.15, 0.2) is 0 Å². The van der Waals surface area contributed by atoms with E-state index in [-0.39, 0.29) is 0 Å². The first kappa shape index (κ1) is 10.6. The molecule has 1 rings (SSSR count). The molecule has 0 aromatic heterocycles. The van der Waals surface area contributed by atoms with Crippen LogP contribution in [0.4, 0.5) is 0 Å². The van der Waals surface area contributed by atoms with Gasteiger partial charge in [0.05, 0.1) is 0 Å². The van der Waals surface area contributed by atoms with Crippen molar-refractivity contribution in [3.05, 3.63) is 22.8 Å². The predicted octanol–water partition coefficient (Wildman–Crippen LogP) is 4.34. The van der Waals surface area contributed by atoms with Crippen LogP contribution in [0.2, 0.25) is 0 Å². The summed E-state index contributed by atoms with van der Waals surface area (Å²) in [6.45, 7) is 11.5. The molecule has 0 fully saturated rings. The summed E-state index contributed by atoms with van der Waals surface area (Å²) < 4.78 is 0. The van der Waals surface area contributed by atoms with Crippen LogP contribution >= 0.6 is 0 Å². The van der Waals surface area contributed by atoms with Gasteiger partial charge in [-0.2, -0.15) is 0 Å². The molecule has 0 heteroatoms. The van der Waals surface area contributed by atoms with Gasteiger partial charge in [-0.15, -0.1) is 0 Å². The average Bonchev–Trinajstić information content (AvgIpc) is 2.47. The van der Waals surface area contributed by atoms with Crippen molar-refractivity contribution in [2.75, 3.05) is 0 Å². The van der Waals surface area contributed by atoms with Crippen LogP contribution in [0.1, 0.15) is 47.5 Å². The maximum absolute atomic E-state index is 2.43. The third-order valence-corrected chi connectivity index (χ3v) is 2.92. The molecule has 0 nitrogen and oxygen atoms in total. The number of hydrogen-bond acceptors (Lipinski definition) is 0. The maximum atomic E-state index is 2.43. The molecule has 13 heavy (non-hydrogen) atoms. The SMILES string of the molecule is CCC1=CC(C(C)C)=C(C(C)C)C1. The quantitative estimate of drug-likeness (QED) is 0.603. The molecule has 0 N–H and O–H groups in total. The summed E-state index contributed by atoms with van der Waals surface area (Å²) in [5, 5.41) is 0. The molecule has 0 bridgehead atoms. The van der Waals surface area contributed by atoms with Gasteiger partial charge in [0.2, 0.25) is 0 Å². The standard InChI is InChI=1S/C13H22/c1-6-11-7-12(9(2)3)13(8-11)10(4)5/h7,9-10H,6,8H2,1-5H3. The Morgan fingerprint density at radius 1 is 1.15 bits per heavy atom. The van der Waals surface area contributed by atoms with E-state index in [1.165, 1.54) is 12.8 Å². The van der Waals surface area contributed by atoms with E-state index in [4.69, 9.17) is 0 Å². The highest BCUT2D eigenvalue weighted by Gasteiger charge is 2.18. The van der Waals surface area contributed by atoms with Crippen LogP contribution in [0.15, 0.2) is 22.8 Å². The first-order valence-electron chi connectivity index (χ1n) is 5.48. The summed E-state index contributed by atoms with van der Waals surface area (Å²) in [5.41, 5.74) is 4.89. The zero-order valence-corrected chi connectivity index (χ0v) is 9.65. The Morgan fingerprint density at radius 3 is 2.08 bits per heavy atom. The molecule has 0 unspecified atom stereocenters. The van der Waals surface area contributed by atoms with Crippen molar-refractivity contribution in [1.29, 1.82) is 0 Å². The smallest absolute Gasteiger partial charge is 0.00968 e. The highest BCUT2D eigenvalue weighted by Crippen LogP contribution is 2.35. The topological polar surface area (TPSA) is 0 Å². The molecule has 1 aliphatic carbocycles. The van der Waals surface area contributed by atoms with E-state index in [2.05, 4.69) is 40.7 Å². The van der Waals surface area contributed by atoms with Gasteiger partial charge in [-0.1, -0.05) is 51.8 Å². The van der Waals surface area contributed by atoms with Gasteiger partial charge in [0, 0.05) is 0 Å². The van der Waals surface area contributed by atoms with E-state index in [0.29, 0.717) is 5.92 Å². The molecule has 0 aromatic carbocycles. The Hall–Kier alpha value is -0.520. The van der Waals surface area contributed by atoms with Gasteiger partial charge >= 0.3 is 0 Å². The third-order valence-electron chi connectivity index (χ3n) is 2.92. The summed E-state index contributed by atoms with van der Waals surface area (Å²) in [7, 11) is 0. The minimum Gasteiger partial charge on any atom is -0.0661 e. The Labute approximate surface area is 82.7 Å². The first-order chi connectivity index (χ1) is 6.06. The Morgan fingerprint density at radius 2 is 1.77 bits per heavy atom. The number of hydrogen-bond donors (Lipinski definition) is 0. The second kappa shape index (κ2) is 4.13. The lowest BCUT2D eigenvalue weighted by atomic mass is 9.92. The van der Waals surface area contributed by atoms with Crippen LogP contribution in [0.3, 0.4) is 0 Å². The number of allylic oxidation sites excluding steroid dienone is 4. The van der Waals surface area contributed by atoms with Crippen molar-refractivity contribution in [3.63, 3.8) is 0 Å². The van der Waals surface area contributed by atoms with Gasteiger partial charge in [-0.25, -0.2) is 0 Å².